The maximum atomic E-state index is 12.9. The number of hydrogen-bond donors (Lipinski definition) is 1. The zero-order valence-electron chi connectivity index (χ0n) is 12.9. The molecular formula is C14H18F3NO4S. The third-order valence-electron chi connectivity index (χ3n) is 3.01. The van der Waals surface area contributed by atoms with Crippen LogP contribution >= 0.6 is 0 Å². The van der Waals surface area contributed by atoms with E-state index in [-0.39, 0.29) is 12.1 Å². The van der Waals surface area contributed by atoms with Crippen molar-refractivity contribution >= 4 is 16.0 Å². The van der Waals surface area contributed by atoms with Crippen LogP contribution in [0.1, 0.15) is 25.0 Å². The van der Waals surface area contributed by atoms with Gasteiger partial charge in [0.1, 0.15) is 0 Å². The van der Waals surface area contributed by atoms with Crippen molar-refractivity contribution in [2.24, 2.45) is 5.41 Å². The minimum atomic E-state index is -4.52. The second-order valence-electron chi connectivity index (χ2n) is 5.69. The minimum absolute atomic E-state index is 0.0758. The van der Waals surface area contributed by atoms with Crippen molar-refractivity contribution in [1.82, 2.24) is 5.32 Å². The Morgan fingerprint density at radius 2 is 1.78 bits per heavy atom. The molecule has 9 heteroatoms. The molecule has 0 aliphatic heterocycles. The predicted molar refractivity (Wildman–Crippen MR) is 77.9 cm³/mol. The molecule has 5 nitrogen and oxygen atoms in total. The predicted octanol–water partition coefficient (Wildman–Crippen LogP) is 2.32. The lowest BCUT2D eigenvalue weighted by Crippen LogP contribution is -2.40. The number of rotatable bonds is 6. The lowest BCUT2D eigenvalue weighted by Gasteiger charge is -2.23. The summed E-state index contributed by atoms with van der Waals surface area (Å²) in [6, 6.07) is 4.90. The van der Waals surface area contributed by atoms with Crippen molar-refractivity contribution < 1.29 is 30.6 Å². The molecule has 23 heavy (non-hydrogen) atoms. The quantitative estimate of drug-likeness (QED) is 0.797. The fourth-order valence-corrected chi connectivity index (χ4v) is 2.19. The van der Waals surface area contributed by atoms with Gasteiger partial charge in [0.05, 0.1) is 23.8 Å². The standard InChI is InChI=1S/C14H18F3NO4S/c1-13(2,9-22-23(3,20)21)12(19)18-8-10-6-4-5-7-11(10)14(15,16)17/h4-7H,8-9H2,1-3H3,(H,18,19). The Kier molecular flexibility index (Phi) is 5.81. The van der Waals surface area contributed by atoms with Gasteiger partial charge in [-0.1, -0.05) is 18.2 Å². The summed E-state index contributed by atoms with van der Waals surface area (Å²) in [4.78, 5) is 12.0. The summed E-state index contributed by atoms with van der Waals surface area (Å²) in [6.07, 6.45) is -3.67. The van der Waals surface area contributed by atoms with Crippen LogP contribution in [0.4, 0.5) is 13.2 Å². The van der Waals surface area contributed by atoms with Crippen molar-refractivity contribution in [3.63, 3.8) is 0 Å². The van der Waals surface area contributed by atoms with Gasteiger partial charge in [-0.25, -0.2) is 0 Å². The van der Waals surface area contributed by atoms with Gasteiger partial charge in [-0.3, -0.25) is 8.98 Å². The molecule has 1 aromatic rings. The summed E-state index contributed by atoms with van der Waals surface area (Å²) < 4.78 is 65.1. The van der Waals surface area contributed by atoms with E-state index in [0.717, 1.165) is 12.3 Å². The van der Waals surface area contributed by atoms with Crippen molar-refractivity contribution in [1.29, 1.82) is 0 Å². The number of carbonyl (C=O) groups is 1. The molecule has 0 aromatic heterocycles. The smallest absolute Gasteiger partial charge is 0.351 e. The molecule has 0 saturated heterocycles. The van der Waals surface area contributed by atoms with E-state index in [9.17, 15) is 26.4 Å². The zero-order valence-corrected chi connectivity index (χ0v) is 13.7. The first-order valence-electron chi connectivity index (χ1n) is 6.61. The number of halogens is 3. The third kappa shape index (κ3) is 6.19. The average molecular weight is 353 g/mol. The highest BCUT2D eigenvalue weighted by Crippen LogP contribution is 2.31. The van der Waals surface area contributed by atoms with Gasteiger partial charge in [-0.2, -0.15) is 21.6 Å². The second-order valence-corrected chi connectivity index (χ2v) is 7.33. The van der Waals surface area contributed by atoms with Crippen molar-refractivity contribution in [3.05, 3.63) is 35.4 Å². The molecule has 1 aromatic carbocycles. The van der Waals surface area contributed by atoms with Crippen LogP contribution in [0.5, 0.6) is 0 Å². The number of nitrogens with one attached hydrogen (secondary N) is 1. The molecule has 0 atom stereocenters. The first kappa shape index (κ1) is 19.4. The molecule has 0 heterocycles. The normalized spacial score (nSPS) is 13.0. The molecule has 130 valence electrons. The topological polar surface area (TPSA) is 72.5 Å². The molecule has 0 unspecified atom stereocenters. The van der Waals surface area contributed by atoms with Crippen molar-refractivity contribution in [2.45, 2.75) is 26.6 Å². The highest BCUT2D eigenvalue weighted by Gasteiger charge is 2.34. The van der Waals surface area contributed by atoms with Gasteiger partial charge in [0.15, 0.2) is 0 Å². The first-order chi connectivity index (χ1) is 10.3. The van der Waals surface area contributed by atoms with Gasteiger partial charge < -0.3 is 5.32 Å². The van der Waals surface area contributed by atoms with Crippen LogP contribution in [0, 0.1) is 5.41 Å². The van der Waals surface area contributed by atoms with Gasteiger partial charge in [-0.05, 0) is 25.5 Å². The van der Waals surface area contributed by atoms with Crippen LogP contribution in [0.15, 0.2) is 24.3 Å². The summed E-state index contributed by atoms with van der Waals surface area (Å²) in [6.45, 7) is 2.14. The maximum absolute atomic E-state index is 12.9. The molecule has 0 aliphatic rings. The lowest BCUT2D eigenvalue weighted by molar-refractivity contribution is -0.139. The van der Waals surface area contributed by atoms with Crippen molar-refractivity contribution in [3.8, 4) is 0 Å². The van der Waals surface area contributed by atoms with Crippen LogP contribution in [-0.4, -0.2) is 27.2 Å². The molecule has 0 bridgehead atoms. The van der Waals surface area contributed by atoms with E-state index >= 15 is 0 Å². The Labute approximate surface area is 133 Å². The van der Waals surface area contributed by atoms with Gasteiger partial charge in [0.2, 0.25) is 5.91 Å². The largest absolute Gasteiger partial charge is 0.416 e. The molecule has 0 saturated carbocycles. The van der Waals surface area contributed by atoms with Crippen LogP contribution in [0.3, 0.4) is 0 Å². The van der Waals surface area contributed by atoms with Crippen molar-refractivity contribution in [2.75, 3.05) is 12.9 Å². The minimum Gasteiger partial charge on any atom is -0.351 e. The van der Waals surface area contributed by atoms with Crippen LogP contribution in [-0.2, 0) is 31.8 Å². The Morgan fingerprint density at radius 1 is 1.22 bits per heavy atom. The number of hydrogen-bond acceptors (Lipinski definition) is 4. The molecule has 0 radical (unpaired) electrons. The number of alkyl halides is 3. The monoisotopic (exact) mass is 353 g/mol. The summed E-state index contributed by atoms with van der Waals surface area (Å²) in [5, 5.41) is 2.37. The second kappa shape index (κ2) is 6.88. The van der Waals surface area contributed by atoms with Crippen LogP contribution < -0.4 is 5.32 Å². The van der Waals surface area contributed by atoms with E-state index in [1.165, 1.54) is 32.0 Å². The Balaban J connectivity index is 2.77. The Hall–Kier alpha value is -1.61. The molecule has 1 amide bonds. The van der Waals surface area contributed by atoms with E-state index in [0.29, 0.717) is 0 Å². The summed E-state index contributed by atoms with van der Waals surface area (Å²) in [7, 11) is -3.71. The van der Waals surface area contributed by atoms with Crippen LogP contribution in [0.25, 0.3) is 0 Å². The van der Waals surface area contributed by atoms with Gasteiger partial charge in [-0.15, -0.1) is 0 Å². The highest BCUT2D eigenvalue weighted by molar-refractivity contribution is 7.85. The highest BCUT2D eigenvalue weighted by atomic mass is 32.2. The zero-order chi connectivity index (χ0) is 17.9. The fraction of sp³-hybridized carbons (Fsp3) is 0.500. The molecule has 0 spiro atoms. The van der Waals surface area contributed by atoms with E-state index in [2.05, 4.69) is 9.50 Å². The SMILES string of the molecule is CC(C)(COS(C)(=O)=O)C(=O)NCc1ccccc1C(F)(F)F. The summed E-state index contributed by atoms with van der Waals surface area (Å²) >= 11 is 0. The van der Waals surface area contributed by atoms with E-state index in [4.69, 9.17) is 0 Å². The molecule has 1 rings (SSSR count). The lowest BCUT2D eigenvalue weighted by atomic mass is 9.93. The summed E-state index contributed by atoms with van der Waals surface area (Å²) in [5.41, 5.74) is -2.12. The van der Waals surface area contributed by atoms with E-state index in [1.807, 2.05) is 0 Å². The van der Waals surface area contributed by atoms with Gasteiger partial charge in [0.25, 0.3) is 10.1 Å². The van der Waals surface area contributed by atoms with E-state index in [1.54, 1.807) is 0 Å². The Morgan fingerprint density at radius 3 is 2.30 bits per heavy atom. The van der Waals surface area contributed by atoms with Crippen LogP contribution in [0.2, 0.25) is 0 Å². The molecule has 1 N–H and O–H groups in total. The molecule has 0 aliphatic carbocycles. The maximum Gasteiger partial charge on any atom is 0.416 e. The number of amides is 1. The molecule has 0 fully saturated rings. The fourth-order valence-electron chi connectivity index (χ4n) is 1.69. The van der Waals surface area contributed by atoms with Gasteiger partial charge in [0, 0.05) is 6.54 Å². The number of carbonyl (C=O) groups excluding carboxylic acids is 1. The first-order valence-corrected chi connectivity index (χ1v) is 8.42. The Bertz CT molecular complexity index is 669. The third-order valence-corrected chi connectivity index (χ3v) is 3.56. The number of benzene rings is 1. The van der Waals surface area contributed by atoms with E-state index < -0.39 is 39.8 Å². The molecular weight excluding hydrogens is 335 g/mol. The average Bonchev–Trinajstić information content (AvgIpc) is 2.41. The summed E-state index contributed by atoms with van der Waals surface area (Å²) in [5.74, 6) is -0.613. The van der Waals surface area contributed by atoms with Gasteiger partial charge >= 0.3 is 6.18 Å².